The number of piperidine rings is 1. The molecule has 0 unspecified atom stereocenters. The van der Waals surface area contributed by atoms with Crippen molar-refractivity contribution in [3.8, 4) is 0 Å². The number of carbonyl (C=O) groups is 1. The molecule has 3 heterocycles. The number of halogens is 1. The van der Waals surface area contributed by atoms with Crippen molar-refractivity contribution in [1.82, 2.24) is 14.8 Å². The minimum atomic E-state index is -0.428. The topological polar surface area (TPSA) is 48.9 Å². The summed E-state index contributed by atoms with van der Waals surface area (Å²) in [6.45, 7) is 3.42. The third-order valence-electron chi connectivity index (χ3n) is 4.63. The maximum atomic E-state index is 14.1. The molecule has 6 nitrogen and oxygen atoms in total. The number of nitrogens with zero attached hydrogens (tertiary/aromatic N) is 4. The summed E-state index contributed by atoms with van der Waals surface area (Å²) in [5.41, 5.74) is -0.428. The molecule has 132 valence electrons. The van der Waals surface area contributed by atoms with E-state index in [1.165, 1.54) is 6.07 Å². The van der Waals surface area contributed by atoms with Gasteiger partial charge in [0.1, 0.15) is 5.60 Å². The molecular formula is C17H25FN4O2. The fourth-order valence-electron chi connectivity index (χ4n) is 3.56. The maximum absolute atomic E-state index is 14.1. The van der Waals surface area contributed by atoms with E-state index < -0.39 is 5.60 Å². The zero-order valence-electron chi connectivity index (χ0n) is 14.4. The first kappa shape index (κ1) is 17.1. The minimum absolute atomic E-state index is 0.115. The van der Waals surface area contributed by atoms with Crippen molar-refractivity contribution in [3.63, 3.8) is 0 Å². The van der Waals surface area contributed by atoms with Gasteiger partial charge in [-0.2, -0.15) is 0 Å². The van der Waals surface area contributed by atoms with Crippen molar-refractivity contribution in [2.45, 2.75) is 18.4 Å². The Kier molecular flexibility index (Phi) is 5.01. The van der Waals surface area contributed by atoms with E-state index in [1.807, 2.05) is 28.8 Å². The molecule has 2 fully saturated rings. The monoisotopic (exact) mass is 336 g/mol. The third-order valence-corrected chi connectivity index (χ3v) is 4.63. The average Bonchev–Trinajstić information content (AvgIpc) is 2.55. The summed E-state index contributed by atoms with van der Waals surface area (Å²) in [7, 11) is 3.78. The first-order valence-corrected chi connectivity index (χ1v) is 8.41. The number of aromatic nitrogens is 1. The number of morpholine rings is 1. The number of carbonyl (C=O) groups excluding carboxylic acids is 1. The molecule has 0 aliphatic carbocycles. The van der Waals surface area contributed by atoms with E-state index >= 15 is 0 Å². The standard InChI is InChI=1S/C17H25FN4O2/c1-20(2)11-15(23)21-9-10-24-17(12-21)6-4-8-22(13-17)16-14(18)5-3-7-19-16/h3,5,7H,4,6,8-13H2,1-2H3/t17-/m1/s1. The molecule has 0 bridgehead atoms. The normalized spacial score (nSPS) is 24.7. The number of amides is 1. The highest BCUT2D eigenvalue weighted by molar-refractivity contribution is 5.78. The van der Waals surface area contributed by atoms with Crippen molar-refractivity contribution in [1.29, 1.82) is 0 Å². The number of rotatable bonds is 3. The summed E-state index contributed by atoms with van der Waals surface area (Å²) < 4.78 is 20.1. The fraction of sp³-hybridized carbons (Fsp3) is 0.647. The van der Waals surface area contributed by atoms with Gasteiger partial charge in [-0.15, -0.1) is 0 Å². The molecule has 1 atom stereocenters. The van der Waals surface area contributed by atoms with Crippen molar-refractivity contribution in [2.24, 2.45) is 0 Å². The van der Waals surface area contributed by atoms with Gasteiger partial charge in [-0.05, 0) is 39.1 Å². The molecule has 1 aromatic rings. The Morgan fingerprint density at radius 1 is 1.42 bits per heavy atom. The van der Waals surface area contributed by atoms with Gasteiger partial charge >= 0.3 is 0 Å². The molecule has 0 N–H and O–H groups in total. The van der Waals surface area contributed by atoms with Crippen LogP contribution < -0.4 is 4.90 Å². The number of likely N-dealkylation sites (N-methyl/N-ethyl adjacent to an activating group) is 1. The van der Waals surface area contributed by atoms with Crippen LogP contribution in [-0.4, -0.2) is 79.7 Å². The third kappa shape index (κ3) is 3.67. The molecule has 2 aliphatic rings. The Hall–Kier alpha value is -1.73. The molecular weight excluding hydrogens is 311 g/mol. The quantitative estimate of drug-likeness (QED) is 0.824. The van der Waals surface area contributed by atoms with Crippen LogP contribution in [0.3, 0.4) is 0 Å². The molecule has 0 saturated carbocycles. The van der Waals surface area contributed by atoms with Crippen LogP contribution in [0.5, 0.6) is 0 Å². The van der Waals surface area contributed by atoms with Crippen LogP contribution in [0.1, 0.15) is 12.8 Å². The minimum Gasteiger partial charge on any atom is -0.369 e. The highest BCUT2D eigenvalue weighted by Crippen LogP contribution is 2.31. The molecule has 1 aromatic heterocycles. The number of hydrogen-bond acceptors (Lipinski definition) is 5. The second kappa shape index (κ2) is 7.03. The van der Waals surface area contributed by atoms with E-state index in [4.69, 9.17) is 4.74 Å². The van der Waals surface area contributed by atoms with Crippen molar-refractivity contribution < 1.29 is 13.9 Å². The second-order valence-corrected chi connectivity index (χ2v) is 6.92. The predicted molar refractivity (Wildman–Crippen MR) is 89.5 cm³/mol. The molecule has 1 spiro atoms. The van der Waals surface area contributed by atoms with Crippen LogP contribution >= 0.6 is 0 Å². The molecule has 24 heavy (non-hydrogen) atoms. The predicted octanol–water partition coefficient (Wildman–Crippen LogP) is 0.980. The van der Waals surface area contributed by atoms with E-state index in [-0.39, 0.29) is 11.7 Å². The molecule has 3 rings (SSSR count). The Labute approximate surface area is 142 Å². The van der Waals surface area contributed by atoms with Crippen LogP contribution in [0.2, 0.25) is 0 Å². The van der Waals surface area contributed by atoms with Crippen LogP contribution in [-0.2, 0) is 9.53 Å². The van der Waals surface area contributed by atoms with Crippen LogP contribution in [0.15, 0.2) is 18.3 Å². The molecule has 2 saturated heterocycles. The summed E-state index contributed by atoms with van der Waals surface area (Å²) >= 11 is 0. The van der Waals surface area contributed by atoms with Gasteiger partial charge in [0.15, 0.2) is 11.6 Å². The smallest absolute Gasteiger partial charge is 0.236 e. The zero-order valence-corrected chi connectivity index (χ0v) is 14.4. The highest BCUT2D eigenvalue weighted by Gasteiger charge is 2.42. The van der Waals surface area contributed by atoms with Crippen LogP contribution in [0, 0.1) is 5.82 Å². The van der Waals surface area contributed by atoms with Crippen molar-refractivity contribution in [2.75, 3.05) is 58.3 Å². The van der Waals surface area contributed by atoms with Gasteiger partial charge in [0.05, 0.1) is 26.2 Å². The maximum Gasteiger partial charge on any atom is 0.236 e. The molecule has 0 aromatic carbocycles. The number of ether oxygens (including phenoxy) is 1. The van der Waals surface area contributed by atoms with E-state index in [2.05, 4.69) is 4.98 Å². The van der Waals surface area contributed by atoms with Gasteiger partial charge in [0, 0.05) is 19.3 Å². The summed E-state index contributed by atoms with van der Waals surface area (Å²) in [6.07, 6.45) is 3.38. The van der Waals surface area contributed by atoms with Crippen molar-refractivity contribution in [3.05, 3.63) is 24.1 Å². The van der Waals surface area contributed by atoms with Crippen molar-refractivity contribution >= 4 is 11.7 Å². The van der Waals surface area contributed by atoms with Gasteiger partial charge in [-0.1, -0.05) is 0 Å². The van der Waals surface area contributed by atoms with E-state index in [0.29, 0.717) is 38.6 Å². The summed E-state index contributed by atoms with van der Waals surface area (Å²) in [5.74, 6) is 0.173. The average molecular weight is 336 g/mol. The summed E-state index contributed by atoms with van der Waals surface area (Å²) in [6, 6.07) is 3.02. The highest BCUT2D eigenvalue weighted by atomic mass is 19.1. The Balaban J connectivity index is 1.72. The Morgan fingerprint density at radius 3 is 3.00 bits per heavy atom. The summed E-state index contributed by atoms with van der Waals surface area (Å²) in [4.78, 5) is 22.3. The van der Waals surface area contributed by atoms with Gasteiger partial charge in [0.25, 0.3) is 0 Å². The lowest BCUT2D eigenvalue weighted by Crippen LogP contribution is -2.61. The number of hydrogen-bond donors (Lipinski definition) is 0. The molecule has 7 heteroatoms. The molecule has 2 aliphatic heterocycles. The van der Waals surface area contributed by atoms with Gasteiger partial charge in [-0.3, -0.25) is 4.79 Å². The van der Waals surface area contributed by atoms with E-state index in [9.17, 15) is 9.18 Å². The SMILES string of the molecule is CN(C)CC(=O)N1CCO[C@]2(CCCN(c3ncccc3F)C2)C1. The lowest BCUT2D eigenvalue weighted by molar-refractivity contribution is -0.152. The number of pyridine rings is 1. The summed E-state index contributed by atoms with van der Waals surface area (Å²) in [5, 5.41) is 0. The van der Waals surface area contributed by atoms with Crippen LogP contribution in [0.25, 0.3) is 0 Å². The second-order valence-electron chi connectivity index (χ2n) is 6.92. The van der Waals surface area contributed by atoms with E-state index in [1.54, 1.807) is 12.3 Å². The molecule has 0 radical (unpaired) electrons. The van der Waals surface area contributed by atoms with Gasteiger partial charge in [-0.25, -0.2) is 9.37 Å². The van der Waals surface area contributed by atoms with Gasteiger partial charge in [0.2, 0.25) is 5.91 Å². The van der Waals surface area contributed by atoms with Crippen LogP contribution in [0.4, 0.5) is 10.2 Å². The van der Waals surface area contributed by atoms with E-state index in [0.717, 1.165) is 19.4 Å². The Morgan fingerprint density at radius 2 is 2.25 bits per heavy atom. The largest absolute Gasteiger partial charge is 0.369 e. The lowest BCUT2D eigenvalue weighted by atomic mass is 9.90. The Bertz CT molecular complexity index is 594. The first-order chi connectivity index (χ1) is 11.5. The zero-order chi connectivity index (χ0) is 17.2. The lowest BCUT2D eigenvalue weighted by Gasteiger charge is -2.48. The fourth-order valence-corrected chi connectivity index (χ4v) is 3.56. The number of anilines is 1. The molecule has 1 amide bonds. The first-order valence-electron chi connectivity index (χ1n) is 8.41. The van der Waals surface area contributed by atoms with Gasteiger partial charge < -0.3 is 19.4 Å².